The van der Waals surface area contributed by atoms with Crippen LogP contribution in [-0.4, -0.2) is 65.4 Å². The average molecular weight is 318 g/mol. The van der Waals surface area contributed by atoms with Crippen LogP contribution >= 0.6 is 0 Å². The van der Waals surface area contributed by atoms with Crippen molar-refractivity contribution in [2.24, 2.45) is 10.9 Å². The van der Waals surface area contributed by atoms with Crippen molar-refractivity contribution in [1.29, 1.82) is 0 Å². The van der Waals surface area contributed by atoms with Gasteiger partial charge in [0.15, 0.2) is 5.96 Å². The number of hydrogen-bond donors (Lipinski definition) is 1. The number of benzene rings is 1. The van der Waals surface area contributed by atoms with Crippen LogP contribution in [0.3, 0.4) is 0 Å². The first-order valence-electron chi connectivity index (χ1n) is 8.36. The quantitative estimate of drug-likeness (QED) is 0.642. The minimum Gasteiger partial charge on any atom is -0.381 e. The first kappa shape index (κ1) is 17.6. The fourth-order valence-electron chi connectivity index (χ4n) is 2.87. The molecule has 0 aromatic heterocycles. The Morgan fingerprint density at radius 3 is 2.57 bits per heavy atom. The van der Waals surface area contributed by atoms with E-state index in [2.05, 4.69) is 65.5 Å². The van der Waals surface area contributed by atoms with Crippen molar-refractivity contribution in [3.05, 3.63) is 29.8 Å². The molecule has 128 valence electrons. The van der Waals surface area contributed by atoms with Crippen LogP contribution < -0.4 is 10.2 Å². The number of anilines is 1. The van der Waals surface area contributed by atoms with E-state index in [1.54, 1.807) is 0 Å². The Morgan fingerprint density at radius 1 is 1.26 bits per heavy atom. The minimum absolute atomic E-state index is 0.622. The molecule has 0 amide bonds. The molecule has 1 saturated heterocycles. The van der Waals surface area contributed by atoms with Crippen molar-refractivity contribution < 1.29 is 4.74 Å². The van der Waals surface area contributed by atoms with Crippen LogP contribution in [0, 0.1) is 5.92 Å². The first-order chi connectivity index (χ1) is 11.1. The molecule has 23 heavy (non-hydrogen) atoms. The fraction of sp³-hybridized carbons (Fsp3) is 0.611. The smallest absolute Gasteiger partial charge is 0.193 e. The van der Waals surface area contributed by atoms with Crippen LogP contribution in [0.25, 0.3) is 0 Å². The molecule has 0 radical (unpaired) electrons. The van der Waals surface area contributed by atoms with Gasteiger partial charge >= 0.3 is 0 Å². The summed E-state index contributed by atoms with van der Waals surface area (Å²) < 4.78 is 5.45. The second kappa shape index (κ2) is 8.77. The van der Waals surface area contributed by atoms with Gasteiger partial charge in [-0.2, -0.15) is 0 Å². The Bertz CT molecular complexity index is 492. The highest BCUT2D eigenvalue weighted by atomic mass is 16.5. The molecule has 2 rings (SSSR count). The predicted molar refractivity (Wildman–Crippen MR) is 97.4 cm³/mol. The van der Waals surface area contributed by atoms with Crippen molar-refractivity contribution in [3.63, 3.8) is 0 Å². The maximum absolute atomic E-state index is 5.45. The summed E-state index contributed by atoms with van der Waals surface area (Å²) in [6.45, 7) is 3.66. The van der Waals surface area contributed by atoms with E-state index in [0.717, 1.165) is 45.1 Å². The van der Waals surface area contributed by atoms with E-state index < -0.39 is 0 Å². The molecule has 0 saturated carbocycles. The average Bonchev–Trinajstić information content (AvgIpc) is 3.04. The molecule has 5 heteroatoms. The summed E-state index contributed by atoms with van der Waals surface area (Å²) in [4.78, 5) is 8.70. The Balaban J connectivity index is 1.76. The maximum Gasteiger partial charge on any atom is 0.193 e. The van der Waals surface area contributed by atoms with Crippen LogP contribution in [0.2, 0.25) is 0 Å². The zero-order valence-corrected chi connectivity index (χ0v) is 14.9. The van der Waals surface area contributed by atoms with E-state index in [-0.39, 0.29) is 0 Å². The number of nitrogens with one attached hydrogen (secondary N) is 1. The summed E-state index contributed by atoms with van der Waals surface area (Å²) in [5, 5.41) is 3.45. The molecule has 1 aliphatic rings. The molecule has 1 heterocycles. The highest BCUT2D eigenvalue weighted by Gasteiger charge is 2.18. The number of aliphatic imine (C=N–C) groups is 1. The largest absolute Gasteiger partial charge is 0.381 e. The molecule has 1 fully saturated rings. The standard InChI is InChI=1S/C18H30N4O/c1-19-18(22(4)13-16-10-12-23-14-16)20-11-9-15-5-7-17(8-6-15)21(2)3/h5-8,16H,9-14H2,1-4H3,(H,19,20). The van der Waals surface area contributed by atoms with Gasteiger partial charge in [-0.25, -0.2) is 0 Å². The highest BCUT2D eigenvalue weighted by molar-refractivity contribution is 5.79. The van der Waals surface area contributed by atoms with Gasteiger partial charge < -0.3 is 19.9 Å². The molecule has 0 aliphatic carbocycles. The third-order valence-corrected chi connectivity index (χ3v) is 4.28. The summed E-state index contributed by atoms with van der Waals surface area (Å²) in [7, 11) is 8.06. The van der Waals surface area contributed by atoms with Gasteiger partial charge in [-0.05, 0) is 30.5 Å². The van der Waals surface area contributed by atoms with Crippen molar-refractivity contribution in [1.82, 2.24) is 10.2 Å². The van der Waals surface area contributed by atoms with Gasteiger partial charge in [0, 0.05) is 59.5 Å². The van der Waals surface area contributed by atoms with Gasteiger partial charge in [0.05, 0.1) is 6.61 Å². The number of rotatable bonds is 6. The molecule has 1 aromatic rings. The van der Waals surface area contributed by atoms with Crippen LogP contribution in [0.1, 0.15) is 12.0 Å². The van der Waals surface area contributed by atoms with E-state index >= 15 is 0 Å². The van der Waals surface area contributed by atoms with Crippen LogP contribution in [0.5, 0.6) is 0 Å². The monoisotopic (exact) mass is 318 g/mol. The zero-order valence-electron chi connectivity index (χ0n) is 14.9. The van der Waals surface area contributed by atoms with Crippen LogP contribution in [-0.2, 0) is 11.2 Å². The lowest BCUT2D eigenvalue weighted by molar-refractivity contribution is 0.181. The summed E-state index contributed by atoms with van der Waals surface area (Å²) in [6, 6.07) is 8.71. The number of ether oxygens (including phenoxy) is 1. The fourth-order valence-corrected chi connectivity index (χ4v) is 2.87. The van der Waals surface area contributed by atoms with Crippen molar-refractivity contribution in [3.8, 4) is 0 Å². The van der Waals surface area contributed by atoms with Gasteiger partial charge in [0.1, 0.15) is 0 Å². The molecule has 5 nitrogen and oxygen atoms in total. The second-order valence-corrected chi connectivity index (χ2v) is 6.40. The van der Waals surface area contributed by atoms with Crippen molar-refractivity contribution in [2.75, 3.05) is 59.4 Å². The lowest BCUT2D eigenvalue weighted by Crippen LogP contribution is -2.42. The zero-order chi connectivity index (χ0) is 16.7. The number of guanidine groups is 1. The summed E-state index contributed by atoms with van der Waals surface area (Å²) in [5.41, 5.74) is 2.57. The molecule has 0 bridgehead atoms. The molecule has 1 atom stereocenters. The predicted octanol–water partition coefficient (Wildman–Crippen LogP) is 1.84. The minimum atomic E-state index is 0.622. The summed E-state index contributed by atoms with van der Waals surface area (Å²) in [6.07, 6.45) is 2.15. The maximum atomic E-state index is 5.45. The first-order valence-corrected chi connectivity index (χ1v) is 8.36. The van der Waals surface area contributed by atoms with Crippen LogP contribution in [0.15, 0.2) is 29.3 Å². The Morgan fingerprint density at radius 2 is 2.00 bits per heavy atom. The Kier molecular flexibility index (Phi) is 6.71. The molecule has 0 spiro atoms. The molecule has 1 aromatic carbocycles. The second-order valence-electron chi connectivity index (χ2n) is 6.40. The third kappa shape index (κ3) is 5.43. The third-order valence-electron chi connectivity index (χ3n) is 4.28. The SMILES string of the molecule is CN=C(NCCc1ccc(N(C)C)cc1)N(C)CC1CCOC1. The number of hydrogen-bond acceptors (Lipinski definition) is 3. The molecular formula is C18H30N4O. The van der Waals surface area contributed by atoms with E-state index in [0.29, 0.717) is 5.92 Å². The summed E-state index contributed by atoms with van der Waals surface area (Å²) in [5.74, 6) is 1.58. The highest BCUT2D eigenvalue weighted by Crippen LogP contribution is 2.14. The lowest BCUT2D eigenvalue weighted by atomic mass is 10.1. The Hall–Kier alpha value is -1.75. The van der Waals surface area contributed by atoms with Gasteiger partial charge in [-0.15, -0.1) is 0 Å². The summed E-state index contributed by atoms with van der Waals surface area (Å²) >= 11 is 0. The number of nitrogens with zero attached hydrogens (tertiary/aromatic N) is 3. The van der Waals surface area contributed by atoms with Gasteiger partial charge in [-0.3, -0.25) is 4.99 Å². The van der Waals surface area contributed by atoms with E-state index in [1.165, 1.54) is 11.3 Å². The van der Waals surface area contributed by atoms with Crippen molar-refractivity contribution >= 4 is 11.6 Å². The van der Waals surface area contributed by atoms with Gasteiger partial charge in [0.2, 0.25) is 0 Å². The van der Waals surface area contributed by atoms with E-state index in [9.17, 15) is 0 Å². The Labute approximate surface area is 140 Å². The normalized spacial score (nSPS) is 18.1. The van der Waals surface area contributed by atoms with Gasteiger partial charge in [-0.1, -0.05) is 12.1 Å². The van der Waals surface area contributed by atoms with E-state index in [4.69, 9.17) is 4.74 Å². The molecular weight excluding hydrogens is 288 g/mol. The molecule has 1 aliphatic heterocycles. The molecule has 1 N–H and O–H groups in total. The van der Waals surface area contributed by atoms with Crippen molar-refractivity contribution in [2.45, 2.75) is 12.8 Å². The topological polar surface area (TPSA) is 40.1 Å². The molecule has 1 unspecified atom stereocenters. The van der Waals surface area contributed by atoms with E-state index in [1.807, 2.05) is 7.05 Å². The van der Waals surface area contributed by atoms with Crippen LogP contribution in [0.4, 0.5) is 5.69 Å². The van der Waals surface area contributed by atoms with Gasteiger partial charge in [0.25, 0.3) is 0 Å². The lowest BCUT2D eigenvalue weighted by Gasteiger charge is -2.24.